The van der Waals surface area contributed by atoms with Crippen LogP contribution in [0.15, 0.2) is 40.1 Å². The minimum absolute atomic E-state index is 0.185. The quantitative estimate of drug-likeness (QED) is 0.766. The summed E-state index contributed by atoms with van der Waals surface area (Å²) < 4.78 is 16.1. The molecule has 8 heteroatoms. The van der Waals surface area contributed by atoms with E-state index >= 15 is 0 Å². The van der Waals surface area contributed by atoms with Gasteiger partial charge in [-0.2, -0.15) is 0 Å². The van der Waals surface area contributed by atoms with Gasteiger partial charge in [0.05, 0.1) is 4.88 Å². The van der Waals surface area contributed by atoms with Gasteiger partial charge in [-0.3, -0.25) is 4.79 Å². The number of carbonyl (C=O) groups is 1. The van der Waals surface area contributed by atoms with Crippen LogP contribution in [0.5, 0.6) is 11.5 Å². The van der Waals surface area contributed by atoms with Gasteiger partial charge in [0.15, 0.2) is 11.5 Å². The number of aromatic nitrogens is 2. The van der Waals surface area contributed by atoms with Crippen LogP contribution in [-0.4, -0.2) is 29.4 Å². The fraction of sp³-hybridized carbons (Fsp3) is 0.188. The van der Waals surface area contributed by atoms with Crippen molar-refractivity contribution in [2.75, 3.05) is 13.3 Å². The van der Waals surface area contributed by atoms with Crippen molar-refractivity contribution in [2.45, 2.75) is 6.42 Å². The molecule has 122 valence electrons. The highest BCUT2D eigenvalue weighted by atomic mass is 32.1. The molecule has 0 atom stereocenters. The van der Waals surface area contributed by atoms with Gasteiger partial charge >= 0.3 is 0 Å². The van der Waals surface area contributed by atoms with Crippen LogP contribution in [0.4, 0.5) is 0 Å². The van der Waals surface area contributed by atoms with Gasteiger partial charge < -0.3 is 19.2 Å². The molecule has 1 N–H and O–H groups in total. The minimum Gasteiger partial charge on any atom is -0.454 e. The van der Waals surface area contributed by atoms with Gasteiger partial charge in [0, 0.05) is 18.5 Å². The molecule has 0 saturated carbocycles. The Morgan fingerprint density at radius 1 is 1.21 bits per heavy atom. The Balaban J connectivity index is 1.33. The summed E-state index contributed by atoms with van der Waals surface area (Å²) >= 11 is 1.54. The van der Waals surface area contributed by atoms with Crippen molar-refractivity contribution in [3.05, 3.63) is 47.2 Å². The van der Waals surface area contributed by atoms with E-state index in [1.165, 1.54) is 11.3 Å². The molecule has 2 aromatic heterocycles. The highest BCUT2D eigenvalue weighted by Crippen LogP contribution is 2.32. The Morgan fingerprint density at radius 3 is 3.00 bits per heavy atom. The summed E-state index contributed by atoms with van der Waals surface area (Å²) in [7, 11) is 0. The van der Waals surface area contributed by atoms with E-state index in [1.807, 2.05) is 17.5 Å². The lowest BCUT2D eigenvalue weighted by molar-refractivity contribution is 0.0953. The molecule has 3 heterocycles. The second-order valence-electron chi connectivity index (χ2n) is 5.05. The van der Waals surface area contributed by atoms with Crippen molar-refractivity contribution < 1.29 is 18.7 Å². The number of amides is 1. The fourth-order valence-electron chi connectivity index (χ4n) is 2.28. The first-order valence-electron chi connectivity index (χ1n) is 7.34. The summed E-state index contributed by atoms with van der Waals surface area (Å²) in [5.74, 6) is 2.04. The van der Waals surface area contributed by atoms with Gasteiger partial charge in [-0.15, -0.1) is 21.5 Å². The van der Waals surface area contributed by atoms with Crippen molar-refractivity contribution in [1.29, 1.82) is 0 Å². The van der Waals surface area contributed by atoms with Crippen LogP contribution >= 0.6 is 11.3 Å². The number of fused-ring (bicyclic) bond motifs is 1. The Bertz CT molecular complexity index is 860. The SMILES string of the molecule is O=C(NCCc1nnc(-c2cccs2)o1)c1ccc2c(c1)OCO2. The molecule has 1 amide bonds. The first kappa shape index (κ1) is 14.7. The van der Waals surface area contributed by atoms with E-state index in [1.54, 1.807) is 18.2 Å². The Kier molecular flexibility index (Phi) is 3.87. The number of benzene rings is 1. The predicted molar refractivity (Wildman–Crippen MR) is 86.2 cm³/mol. The van der Waals surface area contributed by atoms with E-state index < -0.39 is 0 Å². The average molecular weight is 343 g/mol. The molecular formula is C16H13N3O4S. The van der Waals surface area contributed by atoms with Gasteiger partial charge in [-0.25, -0.2) is 0 Å². The minimum atomic E-state index is -0.189. The number of ether oxygens (including phenoxy) is 2. The van der Waals surface area contributed by atoms with Gasteiger partial charge in [-0.1, -0.05) is 6.07 Å². The molecule has 24 heavy (non-hydrogen) atoms. The molecule has 0 aliphatic carbocycles. The number of rotatable bonds is 5. The van der Waals surface area contributed by atoms with Crippen LogP contribution in [0.1, 0.15) is 16.2 Å². The summed E-state index contributed by atoms with van der Waals surface area (Å²) in [4.78, 5) is 13.1. The number of hydrogen-bond acceptors (Lipinski definition) is 7. The summed E-state index contributed by atoms with van der Waals surface area (Å²) in [6.07, 6.45) is 0.467. The molecule has 0 unspecified atom stereocenters. The Labute approximate surface area is 141 Å². The second kappa shape index (κ2) is 6.32. The van der Waals surface area contributed by atoms with E-state index in [9.17, 15) is 4.79 Å². The lowest BCUT2D eigenvalue weighted by Gasteiger charge is -2.04. The number of nitrogens with one attached hydrogen (secondary N) is 1. The topological polar surface area (TPSA) is 86.5 Å². The number of carbonyl (C=O) groups excluding carboxylic acids is 1. The van der Waals surface area contributed by atoms with Crippen LogP contribution < -0.4 is 14.8 Å². The maximum absolute atomic E-state index is 12.2. The normalized spacial score (nSPS) is 12.3. The first-order valence-corrected chi connectivity index (χ1v) is 8.22. The van der Waals surface area contributed by atoms with Crippen molar-refractivity contribution in [3.8, 4) is 22.3 Å². The summed E-state index contributed by atoms with van der Waals surface area (Å²) in [5, 5.41) is 12.8. The summed E-state index contributed by atoms with van der Waals surface area (Å²) in [6.45, 7) is 0.587. The molecule has 3 aromatic rings. The molecule has 1 aromatic carbocycles. The third-order valence-electron chi connectivity index (χ3n) is 3.46. The zero-order chi connectivity index (χ0) is 16.4. The van der Waals surface area contributed by atoms with Gasteiger partial charge in [0.25, 0.3) is 11.8 Å². The number of nitrogens with zero attached hydrogens (tertiary/aromatic N) is 2. The molecule has 0 spiro atoms. The highest BCUT2D eigenvalue weighted by Gasteiger charge is 2.16. The highest BCUT2D eigenvalue weighted by molar-refractivity contribution is 7.13. The lowest BCUT2D eigenvalue weighted by Crippen LogP contribution is -2.25. The monoisotopic (exact) mass is 343 g/mol. The molecular weight excluding hydrogens is 330 g/mol. The van der Waals surface area contributed by atoms with Crippen LogP contribution in [0.2, 0.25) is 0 Å². The maximum Gasteiger partial charge on any atom is 0.257 e. The third-order valence-corrected chi connectivity index (χ3v) is 4.32. The molecule has 0 saturated heterocycles. The zero-order valence-electron chi connectivity index (χ0n) is 12.5. The molecule has 4 rings (SSSR count). The molecule has 1 aliphatic heterocycles. The van der Waals surface area contributed by atoms with Crippen molar-refractivity contribution in [1.82, 2.24) is 15.5 Å². The van der Waals surface area contributed by atoms with Crippen LogP contribution in [0, 0.1) is 0 Å². The summed E-state index contributed by atoms with van der Waals surface area (Å²) in [5.41, 5.74) is 0.518. The predicted octanol–water partition coefficient (Wildman–Crippen LogP) is 2.50. The standard InChI is InChI=1S/C16H13N3O4S/c20-15(10-3-4-11-12(8-10)22-9-21-11)17-6-5-14-18-19-16(23-14)13-2-1-7-24-13/h1-4,7-8H,5-6,9H2,(H,17,20). The average Bonchev–Trinajstić information content (AvgIpc) is 3.34. The van der Waals surface area contributed by atoms with Gasteiger partial charge in [-0.05, 0) is 29.6 Å². The van der Waals surface area contributed by atoms with E-state index in [2.05, 4.69) is 15.5 Å². The Hall–Kier alpha value is -2.87. The molecule has 0 fully saturated rings. The van der Waals surface area contributed by atoms with Gasteiger partial charge in [0.1, 0.15) is 0 Å². The summed E-state index contributed by atoms with van der Waals surface area (Å²) in [6, 6.07) is 8.94. The van der Waals surface area contributed by atoms with Crippen molar-refractivity contribution in [3.63, 3.8) is 0 Å². The maximum atomic E-state index is 12.2. The molecule has 0 bridgehead atoms. The number of thiophene rings is 1. The van der Waals surface area contributed by atoms with Crippen LogP contribution in [-0.2, 0) is 6.42 Å². The van der Waals surface area contributed by atoms with Crippen molar-refractivity contribution in [2.24, 2.45) is 0 Å². The van der Waals surface area contributed by atoms with Crippen molar-refractivity contribution >= 4 is 17.2 Å². The van der Waals surface area contributed by atoms with Crippen LogP contribution in [0.3, 0.4) is 0 Å². The number of hydrogen-bond donors (Lipinski definition) is 1. The van der Waals surface area contributed by atoms with E-state index in [0.29, 0.717) is 41.8 Å². The van der Waals surface area contributed by atoms with E-state index in [-0.39, 0.29) is 12.7 Å². The largest absolute Gasteiger partial charge is 0.454 e. The third kappa shape index (κ3) is 2.95. The second-order valence-corrected chi connectivity index (χ2v) is 6.00. The molecule has 1 aliphatic rings. The zero-order valence-corrected chi connectivity index (χ0v) is 13.3. The fourth-order valence-corrected chi connectivity index (χ4v) is 2.92. The molecule has 7 nitrogen and oxygen atoms in total. The first-order chi connectivity index (χ1) is 11.8. The van der Waals surface area contributed by atoms with Gasteiger partial charge in [0.2, 0.25) is 12.7 Å². The van der Waals surface area contributed by atoms with E-state index in [0.717, 1.165) is 4.88 Å². The molecule has 0 radical (unpaired) electrons. The Morgan fingerprint density at radius 2 is 2.12 bits per heavy atom. The lowest BCUT2D eigenvalue weighted by atomic mass is 10.2. The van der Waals surface area contributed by atoms with E-state index in [4.69, 9.17) is 13.9 Å². The van der Waals surface area contributed by atoms with Crippen LogP contribution in [0.25, 0.3) is 10.8 Å². The smallest absolute Gasteiger partial charge is 0.257 e.